The van der Waals surface area contributed by atoms with Crippen molar-refractivity contribution in [1.29, 1.82) is 0 Å². The van der Waals surface area contributed by atoms with E-state index in [0.717, 1.165) is 29.5 Å². The molecule has 0 saturated heterocycles. The molecule has 0 aromatic heterocycles. The lowest BCUT2D eigenvalue weighted by atomic mass is 9.99. The van der Waals surface area contributed by atoms with Gasteiger partial charge in [-0.25, -0.2) is 4.39 Å². The van der Waals surface area contributed by atoms with Gasteiger partial charge in [0.1, 0.15) is 5.82 Å². The second kappa shape index (κ2) is 5.77. The Morgan fingerprint density at radius 2 is 2.19 bits per heavy atom. The number of aryl methyl sites for hydroxylation is 1. The highest BCUT2D eigenvalue weighted by molar-refractivity contribution is 5.26. The minimum absolute atomic E-state index is 0.0221. The summed E-state index contributed by atoms with van der Waals surface area (Å²) in [7, 11) is 0. The van der Waals surface area contributed by atoms with Crippen LogP contribution in [-0.2, 0) is 0 Å². The van der Waals surface area contributed by atoms with E-state index in [4.69, 9.17) is 5.84 Å². The van der Waals surface area contributed by atoms with Crippen LogP contribution in [0.3, 0.4) is 0 Å². The largest absolute Gasteiger partial charge is 0.271 e. The number of allylic oxidation sites excluding steroid dienone is 1. The van der Waals surface area contributed by atoms with Gasteiger partial charge in [0.2, 0.25) is 0 Å². The zero-order chi connectivity index (χ0) is 12.1. The number of hydrogen-bond acceptors (Lipinski definition) is 2. The van der Waals surface area contributed by atoms with Crippen LogP contribution in [0.25, 0.3) is 0 Å². The summed E-state index contributed by atoms with van der Waals surface area (Å²) in [6.45, 7) is 7.70. The molecule has 3 heteroatoms. The molecule has 2 nitrogen and oxygen atoms in total. The maximum Gasteiger partial charge on any atom is 0.123 e. The predicted octanol–water partition coefficient (Wildman–Crippen LogP) is 2.99. The van der Waals surface area contributed by atoms with Crippen molar-refractivity contribution in [2.45, 2.75) is 32.7 Å². The van der Waals surface area contributed by atoms with E-state index in [-0.39, 0.29) is 11.9 Å². The molecule has 0 aliphatic carbocycles. The SMILES string of the molecule is C=C(C)CCC(NN)c1cc(C)cc(F)c1. The van der Waals surface area contributed by atoms with E-state index in [1.807, 2.05) is 19.9 Å². The Hall–Kier alpha value is -1.19. The molecule has 16 heavy (non-hydrogen) atoms. The van der Waals surface area contributed by atoms with E-state index < -0.39 is 0 Å². The van der Waals surface area contributed by atoms with Crippen molar-refractivity contribution >= 4 is 0 Å². The van der Waals surface area contributed by atoms with Crippen LogP contribution in [0.1, 0.15) is 36.9 Å². The Balaban J connectivity index is 2.81. The van der Waals surface area contributed by atoms with Crippen LogP contribution >= 0.6 is 0 Å². The lowest BCUT2D eigenvalue weighted by Gasteiger charge is -2.17. The van der Waals surface area contributed by atoms with E-state index in [0.29, 0.717) is 0 Å². The van der Waals surface area contributed by atoms with Gasteiger partial charge in [-0.15, -0.1) is 6.58 Å². The van der Waals surface area contributed by atoms with Crippen molar-refractivity contribution < 1.29 is 4.39 Å². The number of nitrogens with one attached hydrogen (secondary N) is 1. The molecule has 3 N–H and O–H groups in total. The van der Waals surface area contributed by atoms with Crippen molar-refractivity contribution in [2.24, 2.45) is 5.84 Å². The monoisotopic (exact) mass is 222 g/mol. The minimum Gasteiger partial charge on any atom is -0.271 e. The van der Waals surface area contributed by atoms with Crippen LogP contribution in [0, 0.1) is 12.7 Å². The van der Waals surface area contributed by atoms with Crippen LogP contribution in [0.5, 0.6) is 0 Å². The van der Waals surface area contributed by atoms with E-state index in [1.54, 1.807) is 0 Å². The van der Waals surface area contributed by atoms with Gasteiger partial charge >= 0.3 is 0 Å². The number of benzene rings is 1. The topological polar surface area (TPSA) is 38.0 Å². The summed E-state index contributed by atoms with van der Waals surface area (Å²) >= 11 is 0. The molecule has 0 bridgehead atoms. The Morgan fingerprint density at radius 3 is 2.69 bits per heavy atom. The second-order valence-electron chi connectivity index (χ2n) is 4.28. The molecule has 1 rings (SSSR count). The van der Waals surface area contributed by atoms with Crippen LogP contribution < -0.4 is 11.3 Å². The normalized spacial score (nSPS) is 12.5. The molecule has 1 aromatic rings. The number of nitrogens with two attached hydrogens (primary N) is 1. The number of hydrazine groups is 1. The van der Waals surface area contributed by atoms with Crippen LogP contribution in [0.4, 0.5) is 4.39 Å². The molecule has 0 amide bonds. The predicted molar refractivity (Wildman–Crippen MR) is 65.2 cm³/mol. The van der Waals surface area contributed by atoms with E-state index in [9.17, 15) is 4.39 Å². The first-order valence-electron chi connectivity index (χ1n) is 5.40. The summed E-state index contributed by atoms with van der Waals surface area (Å²) in [5, 5.41) is 0. The average molecular weight is 222 g/mol. The molecule has 1 unspecified atom stereocenters. The molecule has 88 valence electrons. The lowest BCUT2D eigenvalue weighted by molar-refractivity contribution is 0.510. The standard InChI is InChI=1S/C13H19FN2/c1-9(2)4-5-13(16-15)11-6-10(3)7-12(14)8-11/h6-8,13,16H,1,4-5,15H2,2-3H3. The molecule has 0 heterocycles. The lowest BCUT2D eigenvalue weighted by Crippen LogP contribution is -2.28. The molecule has 0 radical (unpaired) electrons. The van der Waals surface area contributed by atoms with E-state index in [1.165, 1.54) is 12.1 Å². The molecule has 0 fully saturated rings. The highest BCUT2D eigenvalue weighted by Gasteiger charge is 2.10. The summed E-state index contributed by atoms with van der Waals surface area (Å²) in [6.07, 6.45) is 1.71. The summed E-state index contributed by atoms with van der Waals surface area (Å²) in [5.41, 5.74) is 5.62. The fourth-order valence-electron chi connectivity index (χ4n) is 1.70. The number of hydrogen-bond donors (Lipinski definition) is 2. The van der Waals surface area contributed by atoms with Gasteiger partial charge in [-0.1, -0.05) is 11.6 Å². The van der Waals surface area contributed by atoms with Crippen LogP contribution in [0.2, 0.25) is 0 Å². The quantitative estimate of drug-likeness (QED) is 0.456. The van der Waals surface area contributed by atoms with Gasteiger partial charge in [0.05, 0.1) is 0 Å². The summed E-state index contributed by atoms with van der Waals surface area (Å²) in [6, 6.07) is 4.96. The van der Waals surface area contributed by atoms with Crippen molar-refractivity contribution in [1.82, 2.24) is 5.43 Å². The number of halogens is 1. The highest BCUT2D eigenvalue weighted by atomic mass is 19.1. The van der Waals surface area contributed by atoms with Crippen molar-refractivity contribution in [2.75, 3.05) is 0 Å². The fourth-order valence-corrected chi connectivity index (χ4v) is 1.70. The first-order valence-corrected chi connectivity index (χ1v) is 5.40. The van der Waals surface area contributed by atoms with Gasteiger partial charge in [0, 0.05) is 6.04 Å². The minimum atomic E-state index is -0.217. The molecule has 0 aliphatic rings. The summed E-state index contributed by atoms with van der Waals surface area (Å²) < 4.78 is 13.2. The molecular weight excluding hydrogens is 203 g/mol. The fraction of sp³-hybridized carbons (Fsp3) is 0.385. The molecule has 1 atom stereocenters. The Morgan fingerprint density at radius 1 is 1.50 bits per heavy atom. The molecule has 0 aliphatic heterocycles. The van der Waals surface area contributed by atoms with Gasteiger partial charge in [0.25, 0.3) is 0 Å². The maximum absolute atomic E-state index is 13.2. The molecular formula is C13H19FN2. The van der Waals surface area contributed by atoms with Gasteiger partial charge in [-0.3, -0.25) is 11.3 Å². The van der Waals surface area contributed by atoms with Crippen LogP contribution in [-0.4, -0.2) is 0 Å². The van der Waals surface area contributed by atoms with Crippen molar-refractivity contribution in [3.8, 4) is 0 Å². The molecule has 0 saturated carbocycles. The van der Waals surface area contributed by atoms with Gasteiger partial charge in [0.15, 0.2) is 0 Å². The number of rotatable bonds is 5. The Labute approximate surface area is 96.3 Å². The zero-order valence-electron chi connectivity index (χ0n) is 9.89. The summed E-state index contributed by atoms with van der Waals surface area (Å²) in [5.74, 6) is 5.27. The maximum atomic E-state index is 13.2. The Kier molecular flexibility index (Phi) is 4.65. The summed E-state index contributed by atoms with van der Waals surface area (Å²) in [4.78, 5) is 0. The Bertz CT molecular complexity index is 354. The average Bonchev–Trinajstić information content (AvgIpc) is 2.16. The van der Waals surface area contributed by atoms with Crippen LogP contribution in [0.15, 0.2) is 30.4 Å². The third-order valence-corrected chi connectivity index (χ3v) is 2.53. The van der Waals surface area contributed by atoms with Crippen molar-refractivity contribution in [3.63, 3.8) is 0 Å². The van der Waals surface area contributed by atoms with E-state index >= 15 is 0 Å². The third kappa shape index (κ3) is 3.76. The third-order valence-electron chi connectivity index (χ3n) is 2.53. The molecule has 0 spiro atoms. The van der Waals surface area contributed by atoms with Gasteiger partial charge < -0.3 is 0 Å². The van der Waals surface area contributed by atoms with Gasteiger partial charge in [-0.2, -0.15) is 0 Å². The van der Waals surface area contributed by atoms with Crippen molar-refractivity contribution in [3.05, 3.63) is 47.3 Å². The second-order valence-corrected chi connectivity index (χ2v) is 4.28. The first-order chi connectivity index (χ1) is 7.52. The smallest absolute Gasteiger partial charge is 0.123 e. The molecule has 1 aromatic carbocycles. The van der Waals surface area contributed by atoms with Gasteiger partial charge in [-0.05, 0) is 49.9 Å². The first kappa shape index (κ1) is 12.9. The highest BCUT2D eigenvalue weighted by Crippen LogP contribution is 2.21. The zero-order valence-corrected chi connectivity index (χ0v) is 9.89. The van der Waals surface area contributed by atoms with E-state index in [2.05, 4.69) is 12.0 Å².